The van der Waals surface area contributed by atoms with E-state index in [9.17, 15) is 4.79 Å². The van der Waals surface area contributed by atoms with Crippen LogP contribution in [0.25, 0.3) is 0 Å². The fourth-order valence-electron chi connectivity index (χ4n) is 3.00. The Hall–Kier alpha value is -1.51. The molecule has 0 aromatic carbocycles. The van der Waals surface area contributed by atoms with Gasteiger partial charge in [0.2, 0.25) is 5.91 Å². The van der Waals surface area contributed by atoms with Crippen molar-refractivity contribution in [3.05, 3.63) is 35.1 Å². The molecule has 1 fully saturated rings. The third-order valence-corrected chi connectivity index (χ3v) is 4.15. The zero-order valence-corrected chi connectivity index (χ0v) is 12.1. The summed E-state index contributed by atoms with van der Waals surface area (Å²) in [5.74, 6) is 0.977. The third kappa shape index (κ3) is 3.09. The molecule has 0 radical (unpaired) electrons. The molecule has 0 aliphatic heterocycles. The van der Waals surface area contributed by atoms with E-state index in [1.807, 2.05) is 0 Å². The molecule has 3 nitrogen and oxygen atoms in total. The summed E-state index contributed by atoms with van der Waals surface area (Å²) in [7, 11) is 1.72. The number of hydrogen-bond acceptors (Lipinski definition) is 2. The van der Waals surface area contributed by atoms with Gasteiger partial charge in [-0.05, 0) is 54.4 Å². The first kappa shape index (κ1) is 13.9. The van der Waals surface area contributed by atoms with Gasteiger partial charge in [0.15, 0.2) is 0 Å². The Kier molecular flexibility index (Phi) is 4.13. The molecule has 2 rings (SSSR count). The topological polar surface area (TPSA) is 38.3 Å². The molecule has 3 heteroatoms. The molecule has 1 unspecified atom stereocenters. The van der Waals surface area contributed by atoms with Crippen molar-refractivity contribution < 1.29 is 9.53 Å². The van der Waals surface area contributed by atoms with Gasteiger partial charge in [0.25, 0.3) is 0 Å². The summed E-state index contributed by atoms with van der Waals surface area (Å²) in [6.45, 7) is 4.49. The Bertz CT molecular complexity index is 459. The average Bonchev–Trinajstić information content (AvgIpc) is 2.37. The van der Waals surface area contributed by atoms with Gasteiger partial charge >= 0.3 is 0 Å². The highest BCUT2D eigenvalue weighted by Crippen LogP contribution is 2.48. The van der Waals surface area contributed by atoms with Gasteiger partial charge in [-0.1, -0.05) is 13.0 Å². The molecular weight excluding hydrogens is 238 g/mol. The van der Waals surface area contributed by atoms with E-state index >= 15 is 0 Å². The van der Waals surface area contributed by atoms with E-state index in [0.29, 0.717) is 6.54 Å². The molecule has 104 valence electrons. The van der Waals surface area contributed by atoms with Gasteiger partial charge in [-0.2, -0.15) is 0 Å². The monoisotopic (exact) mass is 261 g/mol. The van der Waals surface area contributed by atoms with Crippen molar-refractivity contribution in [1.82, 2.24) is 5.32 Å². The van der Waals surface area contributed by atoms with E-state index in [1.165, 1.54) is 24.0 Å². The van der Waals surface area contributed by atoms with Gasteiger partial charge in [-0.25, -0.2) is 0 Å². The fraction of sp³-hybridized carbons (Fsp3) is 0.562. The van der Waals surface area contributed by atoms with Crippen LogP contribution in [0.1, 0.15) is 39.5 Å². The highest BCUT2D eigenvalue weighted by Gasteiger charge is 2.35. The normalized spacial score (nSPS) is 28.3. The predicted molar refractivity (Wildman–Crippen MR) is 76.5 cm³/mol. The number of carbonyl (C=O) groups excluding carboxylic acids is 1. The zero-order valence-electron chi connectivity index (χ0n) is 12.1. The molecular formula is C16H23NO2. The lowest BCUT2D eigenvalue weighted by molar-refractivity contribution is -0.118. The number of nitrogens with one attached hydrogen (secondary N) is 1. The zero-order chi connectivity index (χ0) is 13.9. The molecule has 0 bridgehead atoms. The van der Waals surface area contributed by atoms with Crippen LogP contribution in [0.5, 0.6) is 0 Å². The largest absolute Gasteiger partial charge is 0.497 e. The van der Waals surface area contributed by atoms with Crippen LogP contribution in [0.2, 0.25) is 0 Å². The second kappa shape index (κ2) is 5.64. The van der Waals surface area contributed by atoms with Gasteiger partial charge in [0, 0.05) is 13.5 Å². The predicted octanol–water partition coefficient (Wildman–Crippen LogP) is 3.10. The summed E-state index contributed by atoms with van der Waals surface area (Å²) < 4.78 is 5.36. The maximum atomic E-state index is 10.9. The lowest BCUT2D eigenvalue weighted by atomic mass is 9.65. The molecule has 2 aliphatic rings. The Morgan fingerprint density at radius 3 is 3.05 bits per heavy atom. The average molecular weight is 261 g/mol. The minimum Gasteiger partial charge on any atom is -0.497 e. The van der Waals surface area contributed by atoms with Crippen molar-refractivity contribution in [2.75, 3.05) is 13.7 Å². The van der Waals surface area contributed by atoms with Crippen LogP contribution < -0.4 is 5.32 Å². The minimum absolute atomic E-state index is 0.0190. The molecule has 1 amide bonds. The lowest BCUT2D eigenvalue weighted by Gasteiger charge is -2.40. The molecule has 1 atom stereocenters. The standard InChI is InChI=1S/C16H23NO2/c1-12(18)17-10-7-13-5-4-8-16(2)9-6-14(19-3)11-15(13)16/h6-7,11H,4-5,8-10H2,1-3H3,(H,17,18)/b13-7+. The van der Waals surface area contributed by atoms with Crippen molar-refractivity contribution in [3.63, 3.8) is 0 Å². The van der Waals surface area contributed by atoms with Crippen LogP contribution in [0.3, 0.4) is 0 Å². The molecule has 19 heavy (non-hydrogen) atoms. The van der Waals surface area contributed by atoms with E-state index < -0.39 is 0 Å². The first-order valence-electron chi connectivity index (χ1n) is 6.95. The first-order valence-corrected chi connectivity index (χ1v) is 6.95. The third-order valence-electron chi connectivity index (χ3n) is 4.15. The highest BCUT2D eigenvalue weighted by atomic mass is 16.5. The van der Waals surface area contributed by atoms with E-state index in [0.717, 1.165) is 18.6 Å². The molecule has 1 saturated carbocycles. The number of carbonyl (C=O) groups is 1. The number of amides is 1. The minimum atomic E-state index is 0.0190. The van der Waals surface area contributed by atoms with Crippen molar-refractivity contribution in [2.45, 2.75) is 39.5 Å². The molecule has 2 aliphatic carbocycles. The van der Waals surface area contributed by atoms with Crippen molar-refractivity contribution in [2.24, 2.45) is 5.41 Å². The summed E-state index contributed by atoms with van der Waals surface area (Å²) in [5, 5.41) is 2.84. The Morgan fingerprint density at radius 1 is 1.58 bits per heavy atom. The Labute approximate surface area is 115 Å². The Balaban J connectivity index is 2.21. The quantitative estimate of drug-likeness (QED) is 0.847. The van der Waals surface area contributed by atoms with E-state index in [-0.39, 0.29) is 11.3 Å². The molecule has 0 spiro atoms. The number of fused-ring (bicyclic) bond motifs is 1. The van der Waals surface area contributed by atoms with Gasteiger partial charge in [0.1, 0.15) is 5.76 Å². The van der Waals surface area contributed by atoms with Crippen molar-refractivity contribution >= 4 is 5.91 Å². The maximum absolute atomic E-state index is 10.9. The van der Waals surface area contributed by atoms with E-state index in [1.54, 1.807) is 14.0 Å². The summed E-state index contributed by atoms with van der Waals surface area (Å²) >= 11 is 0. The SMILES string of the molecule is COC1=CCC2(C)CCC/C(=C\CNC(C)=O)C2=C1. The highest BCUT2D eigenvalue weighted by molar-refractivity contribution is 5.73. The molecule has 1 N–H and O–H groups in total. The van der Waals surface area contributed by atoms with Gasteiger partial charge in [-0.3, -0.25) is 4.79 Å². The van der Waals surface area contributed by atoms with E-state index in [4.69, 9.17) is 4.74 Å². The smallest absolute Gasteiger partial charge is 0.217 e. The van der Waals surface area contributed by atoms with Crippen LogP contribution in [0.15, 0.2) is 35.1 Å². The van der Waals surface area contributed by atoms with Gasteiger partial charge < -0.3 is 10.1 Å². The lowest BCUT2D eigenvalue weighted by Crippen LogP contribution is -2.27. The molecule has 0 saturated heterocycles. The van der Waals surface area contributed by atoms with Crippen LogP contribution in [0, 0.1) is 5.41 Å². The van der Waals surface area contributed by atoms with Crippen LogP contribution in [-0.4, -0.2) is 19.6 Å². The van der Waals surface area contributed by atoms with Crippen molar-refractivity contribution in [1.29, 1.82) is 0 Å². The number of hydrogen-bond donors (Lipinski definition) is 1. The second-order valence-corrected chi connectivity index (χ2v) is 5.65. The van der Waals surface area contributed by atoms with Crippen molar-refractivity contribution in [3.8, 4) is 0 Å². The van der Waals surface area contributed by atoms with Gasteiger partial charge in [-0.15, -0.1) is 0 Å². The fourth-order valence-corrected chi connectivity index (χ4v) is 3.00. The number of allylic oxidation sites excluding steroid dienone is 4. The first-order chi connectivity index (χ1) is 9.05. The molecule has 0 aromatic heterocycles. The summed E-state index contributed by atoms with van der Waals surface area (Å²) in [6.07, 6.45) is 11.1. The van der Waals surface area contributed by atoms with Gasteiger partial charge in [0.05, 0.1) is 7.11 Å². The molecule has 0 heterocycles. The summed E-state index contributed by atoms with van der Waals surface area (Å²) in [6, 6.07) is 0. The second-order valence-electron chi connectivity index (χ2n) is 5.65. The number of rotatable bonds is 3. The maximum Gasteiger partial charge on any atom is 0.217 e. The molecule has 0 aromatic rings. The Morgan fingerprint density at radius 2 is 2.37 bits per heavy atom. The van der Waals surface area contributed by atoms with Crippen LogP contribution >= 0.6 is 0 Å². The number of ether oxygens (including phenoxy) is 1. The van der Waals surface area contributed by atoms with Crippen LogP contribution in [0.4, 0.5) is 0 Å². The number of methoxy groups -OCH3 is 1. The summed E-state index contributed by atoms with van der Waals surface area (Å²) in [4.78, 5) is 10.9. The summed E-state index contributed by atoms with van der Waals surface area (Å²) in [5.41, 5.74) is 3.00. The van der Waals surface area contributed by atoms with E-state index in [2.05, 4.69) is 30.5 Å². The van der Waals surface area contributed by atoms with Crippen LogP contribution in [-0.2, 0) is 9.53 Å².